The summed E-state index contributed by atoms with van der Waals surface area (Å²) in [6.45, 7) is 0. The highest BCUT2D eigenvalue weighted by molar-refractivity contribution is 6.33. The first-order valence-corrected chi connectivity index (χ1v) is 8.77. The van der Waals surface area contributed by atoms with E-state index >= 15 is 0 Å². The number of aromatic carboxylic acids is 1. The predicted molar refractivity (Wildman–Crippen MR) is 106 cm³/mol. The number of methoxy groups -OCH3 is 1. The molecular weight excluding hydrogens is 356 g/mol. The van der Waals surface area contributed by atoms with Gasteiger partial charge in [-0.2, -0.15) is 0 Å². The van der Waals surface area contributed by atoms with E-state index in [9.17, 15) is 9.59 Å². The van der Waals surface area contributed by atoms with Crippen LogP contribution in [-0.2, 0) is 11.2 Å². The van der Waals surface area contributed by atoms with Crippen molar-refractivity contribution in [3.05, 3.63) is 77.6 Å². The number of hydrogen-bond acceptors (Lipinski definition) is 3. The molecule has 140 valence electrons. The number of ether oxygens (including phenoxy) is 1. The van der Waals surface area contributed by atoms with Crippen LogP contribution in [0.4, 0.5) is 5.69 Å². The van der Waals surface area contributed by atoms with Gasteiger partial charge in [-0.3, -0.25) is 4.79 Å². The largest absolute Gasteiger partial charge is 0.497 e. The van der Waals surface area contributed by atoms with E-state index in [4.69, 9.17) is 9.84 Å². The molecule has 0 saturated heterocycles. The van der Waals surface area contributed by atoms with Crippen LogP contribution >= 0.6 is 0 Å². The Bertz CT molecular complexity index is 1090. The molecule has 1 aromatic heterocycles. The van der Waals surface area contributed by atoms with Crippen LogP contribution in [0.25, 0.3) is 16.7 Å². The molecule has 0 saturated carbocycles. The van der Waals surface area contributed by atoms with Crippen molar-refractivity contribution in [2.75, 3.05) is 12.4 Å². The first kappa shape index (κ1) is 17.6. The number of H-pyrrole nitrogens is 1. The maximum atomic E-state index is 12.5. The average molecular weight is 374 g/mol. The van der Waals surface area contributed by atoms with Gasteiger partial charge < -0.3 is 20.1 Å². The minimum absolute atomic E-state index is 0.128. The SMILES string of the molecule is COc1ccc(-c2cccc3c2C(=CCc2ccc(C(=O)O)[nH]2)C(=O)N3)cc1. The van der Waals surface area contributed by atoms with Crippen molar-refractivity contribution in [3.8, 4) is 16.9 Å². The van der Waals surface area contributed by atoms with Crippen LogP contribution in [0, 0.1) is 0 Å². The second-order valence-corrected chi connectivity index (χ2v) is 6.44. The Morgan fingerprint density at radius 2 is 1.89 bits per heavy atom. The zero-order valence-electron chi connectivity index (χ0n) is 15.2. The van der Waals surface area contributed by atoms with Gasteiger partial charge in [0.15, 0.2) is 0 Å². The number of anilines is 1. The summed E-state index contributed by atoms with van der Waals surface area (Å²) in [4.78, 5) is 26.4. The Kier molecular flexibility index (Phi) is 4.45. The molecule has 0 spiro atoms. The van der Waals surface area contributed by atoms with Crippen molar-refractivity contribution in [1.82, 2.24) is 4.98 Å². The van der Waals surface area contributed by atoms with Crippen LogP contribution < -0.4 is 10.1 Å². The standard InChI is InChI=1S/C22H18N2O4/c1-28-15-9-5-13(6-10-15)16-3-2-4-18-20(16)17(21(25)24-18)11-7-14-8-12-19(23-14)22(26)27/h2-6,8-12,23H,7H2,1H3,(H,24,25)(H,26,27). The van der Waals surface area contributed by atoms with E-state index in [2.05, 4.69) is 10.3 Å². The summed E-state index contributed by atoms with van der Waals surface area (Å²) in [5.41, 5.74) is 4.98. The molecule has 0 aliphatic carbocycles. The molecule has 6 heteroatoms. The number of carbonyl (C=O) groups is 2. The van der Waals surface area contributed by atoms with Crippen molar-refractivity contribution in [2.45, 2.75) is 6.42 Å². The fourth-order valence-corrected chi connectivity index (χ4v) is 3.35. The highest BCUT2D eigenvalue weighted by atomic mass is 16.5. The number of amides is 1. The first-order chi connectivity index (χ1) is 13.6. The van der Waals surface area contributed by atoms with Crippen LogP contribution in [0.15, 0.2) is 60.7 Å². The molecule has 0 unspecified atom stereocenters. The number of carboxylic acid groups (broad SMARTS) is 1. The zero-order valence-corrected chi connectivity index (χ0v) is 15.2. The van der Waals surface area contributed by atoms with Gasteiger partial charge in [0.1, 0.15) is 11.4 Å². The molecular formula is C22H18N2O4. The van der Waals surface area contributed by atoms with Gasteiger partial charge in [-0.25, -0.2) is 4.79 Å². The van der Waals surface area contributed by atoms with E-state index in [0.29, 0.717) is 12.0 Å². The van der Waals surface area contributed by atoms with E-state index in [1.807, 2.05) is 48.5 Å². The monoisotopic (exact) mass is 374 g/mol. The Morgan fingerprint density at radius 3 is 2.57 bits per heavy atom. The van der Waals surface area contributed by atoms with E-state index < -0.39 is 5.97 Å². The summed E-state index contributed by atoms with van der Waals surface area (Å²) in [5.74, 6) is -0.409. The first-order valence-electron chi connectivity index (χ1n) is 8.77. The summed E-state index contributed by atoms with van der Waals surface area (Å²) < 4.78 is 5.22. The van der Waals surface area contributed by atoms with Gasteiger partial charge in [0.05, 0.1) is 7.11 Å². The van der Waals surface area contributed by atoms with Gasteiger partial charge in [0.2, 0.25) is 0 Å². The highest BCUT2D eigenvalue weighted by Crippen LogP contribution is 2.40. The number of fused-ring (bicyclic) bond motifs is 1. The van der Waals surface area contributed by atoms with Gasteiger partial charge in [-0.1, -0.05) is 30.3 Å². The van der Waals surface area contributed by atoms with Crippen LogP contribution in [-0.4, -0.2) is 29.1 Å². The van der Waals surface area contributed by atoms with Gasteiger partial charge in [0.25, 0.3) is 5.91 Å². The Labute approximate surface area is 161 Å². The predicted octanol–water partition coefficient (Wildman–Crippen LogP) is 3.97. The minimum atomic E-state index is -1.01. The molecule has 4 rings (SSSR count). The molecule has 3 aromatic rings. The van der Waals surface area contributed by atoms with Gasteiger partial charge in [-0.15, -0.1) is 0 Å². The van der Waals surface area contributed by atoms with Crippen molar-refractivity contribution in [3.63, 3.8) is 0 Å². The fourth-order valence-electron chi connectivity index (χ4n) is 3.35. The molecule has 0 fully saturated rings. The highest BCUT2D eigenvalue weighted by Gasteiger charge is 2.27. The van der Waals surface area contributed by atoms with Crippen molar-refractivity contribution >= 4 is 23.1 Å². The van der Waals surface area contributed by atoms with Crippen LogP contribution in [0.1, 0.15) is 21.7 Å². The third-order valence-corrected chi connectivity index (χ3v) is 4.73. The molecule has 28 heavy (non-hydrogen) atoms. The average Bonchev–Trinajstić information content (AvgIpc) is 3.30. The summed E-state index contributed by atoms with van der Waals surface area (Å²) in [7, 11) is 1.62. The summed E-state index contributed by atoms with van der Waals surface area (Å²) in [5, 5.41) is 11.9. The lowest BCUT2D eigenvalue weighted by molar-refractivity contribution is -0.110. The molecule has 1 aliphatic rings. The number of carboxylic acids is 1. The van der Waals surface area contributed by atoms with Crippen molar-refractivity contribution in [2.24, 2.45) is 0 Å². The summed E-state index contributed by atoms with van der Waals surface area (Å²) in [6, 6.07) is 16.7. The fraction of sp³-hybridized carbons (Fsp3) is 0.0909. The molecule has 0 bridgehead atoms. The smallest absolute Gasteiger partial charge is 0.352 e. The summed E-state index contributed by atoms with van der Waals surface area (Å²) >= 11 is 0. The Morgan fingerprint density at radius 1 is 1.11 bits per heavy atom. The van der Waals surface area contributed by atoms with Gasteiger partial charge in [0, 0.05) is 28.9 Å². The Balaban J connectivity index is 1.71. The number of hydrogen-bond donors (Lipinski definition) is 3. The number of rotatable bonds is 5. The molecule has 0 atom stereocenters. The van der Waals surface area contributed by atoms with E-state index in [1.165, 1.54) is 6.07 Å². The lowest BCUT2D eigenvalue weighted by Gasteiger charge is -2.09. The van der Waals surface area contributed by atoms with Gasteiger partial charge >= 0.3 is 5.97 Å². The van der Waals surface area contributed by atoms with Crippen LogP contribution in [0.3, 0.4) is 0 Å². The van der Waals surface area contributed by atoms with Crippen molar-refractivity contribution in [1.29, 1.82) is 0 Å². The van der Waals surface area contributed by atoms with Crippen LogP contribution in [0.2, 0.25) is 0 Å². The molecule has 1 amide bonds. The quantitative estimate of drug-likeness (QED) is 0.590. The maximum Gasteiger partial charge on any atom is 0.352 e. The number of carbonyl (C=O) groups excluding carboxylic acids is 1. The van der Waals surface area contributed by atoms with Crippen molar-refractivity contribution < 1.29 is 19.4 Å². The molecule has 2 aromatic carbocycles. The maximum absolute atomic E-state index is 12.5. The zero-order chi connectivity index (χ0) is 19.7. The third-order valence-electron chi connectivity index (χ3n) is 4.73. The second-order valence-electron chi connectivity index (χ2n) is 6.44. The number of nitrogens with one attached hydrogen (secondary N) is 2. The topological polar surface area (TPSA) is 91.4 Å². The molecule has 6 nitrogen and oxygen atoms in total. The molecule has 3 N–H and O–H groups in total. The summed E-state index contributed by atoms with van der Waals surface area (Å²) in [6.07, 6.45) is 2.25. The Hall–Kier alpha value is -3.80. The number of aromatic nitrogens is 1. The number of aromatic amines is 1. The third kappa shape index (κ3) is 3.16. The normalized spacial score (nSPS) is 14.0. The van der Waals surface area contributed by atoms with E-state index in [-0.39, 0.29) is 11.6 Å². The lowest BCUT2D eigenvalue weighted by Crippen LogP contribution is -2.04. The lowest BCUT2D eigenvalue weighted by atomic mass is 9.94. The number of benzene rings is 2. The minimum Gasteiger partial charge on any atom is -0.497 e. The van der Waals surface area contributed by atoms with Gasteiger partial charge in [-0.05, 0) is 41.5 Å². The van der Waals surface area contributed by atoms with E-state index in [1.54, 1.807) is 13.2 Å². The van der Waals surface area contributed by atoms with Crippen LogP contribution in [0.5, 0.6) is 5.75 Å². The molecule has 1 aliphatic heterocycles. The molecule has 0 radical (unpaired) electrons. The van der Waals surface area contributed by atoms with E-state index in [0.717, 1.165) is 33.8 Å². The molecule has 2 heterocycles. The second kappa shape index (κ2) is 7.08. The number of allylic oxidation sites excluding steroid dienone is 1.